The molecule has 0 aliphatic carbocycles. The van der Waals surface area contributed by atoms with Gasteiger partial charge in [-0.1, -0.05) is 296 Å². The standard InChI is InChI=1S/C73H122O6/c1-4-7-10-13-16-19-22-25-27-29-31-32-33-34-35-36-37-38-39-40-42-43-45-48-51-54-57-60-63-66-72(75)78-69-70(68-77-71(74)65-62-59-56-53-50-47-24-21-18-15-12-9-6-3)79-73(76)67-64-61-58-55-52-49-46-44-41-30-28-26-23-20-17-14-11-8-5-2/h7,9-10,12,16,18-19,21,25,27,31-32,34-35,37-38,40,42,47,50,70H,4-6,8,11,13-15,17,20,22-24,26,28-30,33,36,39,41,43-46,48-49,51-69H2,1-3H3/b10-7-,12-9-,19-16-,21-18-,27-25-,32-31-,35-34-,38-37-,42-40-,50-47-. The Bertz CT molecular complexity index is 1640. The van der Waals surface area contributed by atoms with E-state index in [0.717, 1.165) is 135 Å². The Hall–Kier alpha value is -4.19. The van der Waals surface area contributed by atoms with Crippen molar-refractivity contribution >= 4 is 17.9 Å². The molecule has 6 nitrogen and oxygen atoms in total. The molecule has 0 aromatic carbocycles. The first-order valence-corrected chi connectivity index (χ1v) is 33.0. The van der Waals surface area contributed by atoms with E-state index in [1.165, 1.54) is 128 Å². The lowest BCUT2D eigenvalue weighted by molar-refractivity contribution is -0.167. The van der Waals surface area contributed by atoms with Gasteiger partial charge in [0.2, 0.25) is 0 Å². The summed E-state index contributed by atoms with van der Waals surface area (Å²) in [7, 11) is 0. The molecule has 0 bridgehead atoms. The van der Waals surface area contributed by atoms with Crippen LogP contribution in [0.5, 0.6) is 0 Å². The molecule has 6 heteroatoms. The molecule has 0 saturated carbocycles. The highest BCUT2D eigenvalue weighted by molar-refractivity contribution is 5.71. The molecule has 450 valence electrons. The average Bonchev–Trinajstić information content (AvgIpc) is 3.45. The molecule has 0 radical (unpaired) electrons. The fraction of sp³-hybridized carbons (Fsp3) is 0.685. The largest absolute Gasteiger partial charge is 0.462 e. The number of carbonyl (C=O) groups is 3. The second kappa shape index (κ2) is 66.3. The first-order valence-electron chi connectivity index (χ1n) is 33.0. The van der Waals surface area contributed by atoms with E-state index in [0.29, 0.717) is 19.3 Å². The van der Waals surface area contributed by atoms with Gasteiger partial charge in [-0.3, -0.25) is 14.4 Å². The highest BCUT2D eigenvalue weighted by Crippen LogP contribution is 2.17. The lowest BCUT2D eigenvalue weighted by atomic mass is 10.0. The maximum absolute atomic E-state index is 12.9. The molecule has 0 spiro atoms. The summed E-state index contributed by atoms with van der Waals surface area (Å²) in [4.78, 5) is 38.3. The van der Waals surface area contributed by atoms with E-state index < -0.39 is 6.10 Å². The Kier molecular flexibility index (Phi) is 62.8. The maximum atomic E-state index is 12.9. The monoisotopic (exact) mass is 1090 g/mol. The van der Waals surface area contributed by atoms with Crippen molar-refractivity contribution < 1.29 is 28.6 Å². The Morgan fingerprint density at radius 3 is 0.785 bits per heavy atom. The van der Waals surface area contributed by atoms with Gasteiger partial charge in [-0.15, -0.1) is 0 Å². The number of esters is 3. The zero-order valence-corrected chi connectivity index (χ0v) is 51.6. The Labute approximate surface area is 488 Å². The van der Waals surface area contributed by atoms with Gasteiger partial charge >= 0.3 is 17.9 Å². The molecule has 0 aliphatic heterocycles. The summed E-state index contributed by atoms with van der Waals surface area (Å²) in [5, 5.41) is 0. The number of ether oxygens (including phenoxy) is 3. The SMILES string of the molecule is CC/C=C\C/C=C\C/C=C\C/C=C\C/C=C\C/C=C\C/C=C\CCCCCCCCCC(=O)OCC(COC(=O)CCCCC/C=C\C/C=C\C/C=C\CC)OC(=O)CCCCCCCCCCCCCCCCCCCCC. The summed E-state index contributed by atoms with van der Waals surface area (Å²) >= 11 is 0. The summed E-state index contributed by atoms with van der Waals surface area (Å²) in [5.41, 5.74) is 0. The zero-order valence-electron chi connectivity index (χ0n) is 51.6. The molecule has 1 unspecified atom stereocenters. The smallest absolute Gasteiger partial charge is 0.306 e. The van der Waals surface area contributed by atoms with Gasteiger partial charge in [0.05, 0.1) is 0 Å². The Morgan fingerprint density at radius 1 is 0.266 bits per heavy atom. The van der Waals surface area contributed by atoms with Crippen molar-refractivity contribution in [3.8, 4) is 0 Å². The molecule has 0 saturated heterocycles. The van der Waals surface area contributed by atoms with E-state index in [1.54, 1.807) is 0 Å². The molecule has 0 rings (SSSR count). The van der Waals surface area contributed by atoms with Crippen LogP contribution in [0.2, 0.25) is 0 Å². The second-order valence-electron chi connectivity index (χ2n) is 21.6. The molecule has 0 aromatic heterocycles. The van der Waals surface area contributed by atoms with Crippen LogP contribution in [0.3, 0.4) is 0 Å². The van der Waals surface area contributed by atoms with Crippen molar-refractivity contribution in [2.24, 2.45) is 0 Å². The van der Waals surface area contributed by atoms with Crippen LogP contribution in [0.4, 0.5) is 0 Å². The van der Waals surface area contributed by atoms with Gasteiger partial charge in [0.1, 0.15) is 13.2 Å². The summed E-state index contributed by atoms with van der Waals surface area (Å²) in [6.45, 7) is 6.40. The van der Waals surface area contributed by atoms with E-state index in [4.69, 9.17) is 14.2 Å². The minimum atomic E-state index is -0.797. The number of carbonyl (C=O) groups excluding carboxylic acids is 3. The van der Waals surface area contributed by atoms with E-state index in [-0.39, 0.29) is 31.1 Å². The van der Waals surface area contributed by atoms with E-state index in [2.05, 4.69) is 142 Å². The van der Waals surface area contributed by atoms with Crippen molar-refractivity contribution in [3.05, 3.63) is 122 Å². The van der Waals surface area contributed by atoms with Gasteiger partial charge in [0.25, 0.3) is 0 Å². The third kappa shape index (κ3) is 64.5. The molecule has 0 N–H and O–H groups in total. The van der Waals surface area contributed by atoms with E-state index in [9.17, 15) is 14.4 Å². The predicted molar refractivity (Wildman–Crippen MR) is 343 cm³/mol. The molecule has 0 fully saturated rings. The van der Waals surface area contributed by atoms with Gasteiger partial charge in [-0.25, -0.2) is 0 Å². The quantitative estimate of drug-likeness (QED) is 0.0261. The van der Waals surface area contributed by atoms with Crippen LogP contribution in [0.25, 0.3) is 0 Å². The van der Waals surface area contributed by atoms with Crippen LogP contribution in [0, 0.1) is 0 Å². The van der Waals surface area contributed by atoms with Crippen molar-refractivity contribution in [2.75, 3.05) is 13.2 Å². The summed E-state index contributed by atoms with van der Waals surface area (Å²) in [6.07, 6.45) is 92.1. The molecule has 0 amide bonds. The van der Waals surface area contributed by atoms with Crippen LogP contribution < -0.4 is 0 Å². The lowest BCUT2D eigenvalue weighted by Gasteiger charge is -2.18. The summed E-state index contributed by atoms with van der Waals surface area (Å²) in [5.74, 6) is -0.925. The van der Waals surface area contributed by atoms with Gasteiger partial charge < -0.3 is 14.2 Å². The van der Waals surface area contributed by atoms with E-state index in [1.807, 2.05) is 0 Å². The first-order chi connectivity index (χ1) is 39.0. The van der Waals surface area contributed by atoms with Crippen molar-refractivity contribution in [1.82, 2.24) is 0 Å². The van der Waals surface area contributed by atoms with Crippen molar-refractivity contribution in [1.29, 1.82) is 0 Å². The normalized spacial score (nSPS) is 12.9. The minimum Gasteiger partial charge on any atom is -0.462 e. The zero-order chi connectivity index (χ0) is 57.1. The van der Waals surface area contributed by atoms with Gasteiger partial charge in [0.15, 0.2) is 6.10 Å². The molecule has 0 aliphatic rings. The molecular formula is C73H122O6. The van der Waals surface area contributed by atoms with E-state index >= 15 is 0 Å². The number of hydrogen-bond acceptors (Lipinski definition) is 6. The molecule has 0 heterocycles. The molecule has 79 heavy (non-hydrogen) atoms. The number of allylic oxidation sites excluding steroid dienone is 20. The van der Waals surface area contributed by atoms with Gasteiger partial charge in [-0.05, 0) is 109 Å². The van der Waals surface area contributed by atoms with Crippen LogP contribution in [-0.2, 0) is 28.6 Å². The highest BCUT2D eigenvalue weighted by atomic mass is 16.6. The Morgan fingerprint density at radius 2 is 0.494 bits per heavy atom. The molecule has 1 atom stereocenters. The average molecular weight is 1100 g/mol. The second-order valence-corrected chi connectivity index (χ2v) is 21.6. The fourth-order valence-electron chi connectivity index (χ4n) is 9.09. The van der Waals surface area contributed by atoms with Crippen LogP contribution in [0.1, 0.15) is 303 Å². The van der Waals surface area contributed by atoms with Crippen LogP contribution in [0.15, 0.2) is 122 Å². The van der Waals surface area contributed by atoms with Crippen LogP contribution in [-0.4, -0.2) is 37.2 Å². The number of hydrogen-bond donors (Lipinski definition) is 0. The van der Waals surface area contributed by atoms with Gasteiger partial charge in [0, 0.05) is 19.3 Å². The highest BCUT2D eigenvalue weighted by Gasteiger charge is 2.19. The maximum Gasteiger partial charge on any atom is 0.306 e. The number of unbranched alkanes of at least 4 members (excludes halogenated alkanes) is 28. The van der Waals surface area contributed by atoms with Gasteiger partial charge in [-0.2, -0.15) is 0 Å². The molecule has 0 aromatic rings. The fourth-order valence-corrected chi connectivity index (χ4v) is 9.09. The first kappa shape index (κ1) is 74.8. The summed E-state index contributed by atoms with van der Waals surface area (Å²) in [6, 6.07) is 0. The summed E-state index contributed by atoms with van der Waals surface area (Å²) < 4.78 is 16.9. The van der Waals surface area contributed by atoms with Crippen LogP contribution >= 0.6 is 0 Å². The molecular weight excluding hydrogens is 973 g/mol. The van der Waals surface area contributed by atoms with Crippen molar-refractivity contribution in [3.63, 3.8) is 0 Å². The minimum absolute atomic E-state index is 0.0934. The topological polar surface area (TPSA) is 78.9 Å². The van der Waals surface area contributed by atoms with Crippen molar-refractivity contribution in [2.45, 2.75) is 309 Å². The lowest BCUT2D eigenvalue weighted by Crippen LogP contribution is -2.30. The Balaban J connectivity index is 4.34. The number of rotatable bonds is 59. The third-order valence-electron chi connectivity index (χ3n) is 14.0. The predicted octanol–water partition coefficient (Wildman–Crippen LogP) is 22.8. The third-order valence-corrected chi connectivity index (χ3v) is 14.0.